The van der Waals surface area contributed by atoms with Crippen molar-refractivity contribution in [3.8, 4) is 0 Å². The summed E-state index contributed by atoms with van der Waals surface area (Å²) >= 11 is 0. The van der Waals surface area contributed by atoms with Gasteiger partial charge in [-0.15, -0.1) is 0 Å². The molecule has 0 saturated carbocycles. The van der Waals surface area contributed by atoms with Crippen molar-refractivity contribution in [2.45, 2.75) is 52.2 Å². The highest BCUT2D eigenvalue weighted by atomic mass is 16.5. The monoisotopic (exact) mass is 174 g/mol. The lowest BCUT2D eigenvalue weighted by molar-refractivity contribution is -0.0469. The maximum absolute atomic E-state index is 5.47. The van der Waals surface area contributed by atoms with E-state index >= 15 is 0 Å². The highest BCUT2D eigenvalue weighted by Gasteiger charge is 2.15. The largest absolute Gasteiger partial charge is 0.379 e. The number of rotatable bonds is 7. The van der Waals surface area contributed by atoms with Crippen LogP contribution in [0.4, 0.5) is 0 Å². The summed E-state index contributed by atoms with van der Waals surface area (Å²) in [5.41, 5.74) is 0. The number of ether oxygens (including phenoxy) is 2. The smallest absolute Gasteiger partial charge is 0.0830 e. The second-order valence-corrected chi connectivity index (χ2v) is 3.08. The molecule has 74 valence electrons. The molecule has 0 saturated heterocycles. The van der Waals surface area contributed by atoms with Crippen LogP contribution in [-0.2, 0) is 9.47 Å². The molecule has 0 bridgehead atoms. The van der Waals surface area contributed by atoms with Gasteiger partial charge in [-0.1, -0.05) is 19.8 Å². The topological polar surface area (TPSA) is 18.5 Å². The van der Waals surface area contributed by atoms with E-state index in [0.29, 0.717) is 0 Å². The molecule has 2 heteroatoms. The van der Waals surface area contributed by atoms with Crippen molar-refractivity contribution in [1.29, 1.82) is 0 Å². The van der Waals surface area contributed by atoms with E-state index in [9.17, 15) is 0 Å². The zero-order chi connectivity index (χ0) is 9.40. The van der Waals surface area contributed by atoms with Crippen molar-refractivity contribution >= 4 is 0 Å². The summed E-state index contributed by atoms with van der Waals surface area (Å²) in [5.74, 6) is 0. The van der Waals surface area contributed by atoms with E-state index in [-0.39, 0.29) is 12.2 Å². The highest BCUT2D eigenvalue weighted by Crippen LogP contribution is 2.10. The minimum Gasteiger partial charge on any atom is -0.379 e. The lowest BCUT2D eigenvalue weighted by atomic mass is 10.1. The molecular formula is C10H22O2. The Bertz CT molecular complexity index is 93.8. The molecule has 2 atom stereocenters. The lowest BCUT2D eigenvalue weighted by Crippen LogP contribution is -2.28. The third-order valence-corrected chi connectivity index (χ3v) is 2.10. The summed E-state index contributed by atoms with van der Waals surface area (Å²) in [6.45, 7) is 7.06. The van der Waals surface area contributed by atoms with Crippen LogP contribution in [0.2, 0.25) is 0 Å². The third kappa shape index (κ3) is 4.73. The van der Waals surface area contributed by atoms with E-state index in [1.54, 1.807) is 7.11 Å². The first-order valence-electron chi connectivity index (χ1n) is 4.90. The van der Waals surface area contributed by atoms with Crippen molar-refractivity contribution in [1.82, 2.24) is 0 Å². The number of unbranched alkanes of at least 4 members (excludes halogenated alkanes) is 1. The fourth-order valence-electron chi connectivity index (χ4n) is 1.32. The maximum atomic E-state index is 5.47. The van der Waals surface area contributed by atoms with Gasteiger partial charge in [0, 0.05) is 13.7 Å². The average molecular weight is 174 g/mol. The Morgan fingerprint density at radius 2 is 1.92 bits per heavy atom. The second-order valence-electron chi connectivity index (χ2n) is 3.08. The number of hydrogen-bond donors (Lipinski definition) is 0. The quantitative estimate of drug-likeness (QED) is 0.590. The molecule has 0 fully saturated rings. The molecule has 0 heterocycles. The molecule has 12 heavy (non-hydrogen) atoms. The first-order chi connectivity index (χ1) is 5.76. The fourth-order valence-corrected chi connectivity index (χ4v) is 1.32. The van der Waals surface area contributed by atoms with E-state index in [1.807, 2.05) is 6.92 Å². The zero-order valence-corrected chi connectivity index (χ0v) is 8.80. The van der Waals surface area contributed by atoms with Crippen molar-refractivity contribution < 1.29 is 9.47 Å². The van der Waals surface area contributed by atoms with Gasteiger partial charge in [-0.2, -0.15) is 0 Å². The van der Waals surface area contributed by atoms with E-state index < -0.39 is 0 Å². The van der Waals surface area contributed by atoms with Crippen LogP contribution in [0.25, 0.3) is 0 Å². The molecule has 0 spiro atoms. The van der Waals surface area contributed by atoms with E-state index in [0.717, 1.165) is 13.0 Å². The molecule has 0 aromatic rings. The van der Waals surface area contributed by atoms with Crippen LogP contribution in [0.15, 0.2) is 0 Å². The lowest BCUT2D eigenvalue weighted by Gasteiger charge is -2.22. The fraction of sp³-hybridized carbons (Fsp3) is 1.00. The van der Waals surface area contributed by atoms with Gasteiger partial charge < -0.3 is 9.47 Å². The summed E-state index contributed by atoms with van der Waals surface area (Å²) in [5, 5.41) is 0. The van der Waals surface area contributed by atoms with Crippen LogP contribution < -0.4 is 0 Å². The van der Waals surface area contributed by atoms with Crippen LogP contribution in [0, 0.1) is 0 Å². The second kappa shape index (κ2) is 7.56. The standard InChI is InChI=1S/C10H22O2/c1-5-7-8-10(11-4)9(3)12-6-2/h9-10H,5-8H2,1-4H3. The minimum absolute atomic E-state index is 0.228. The Morgan fingerprint density at radius 1 is 1.25 bits per heavy atom. The third-order valence-electron chi connectivity index (χ3n) is 2.10. The molecule has 0 aromatic heterocycles. The number of methoxy groups -OCH3 is 1. The van der Waals surface area contributed by atoms with E-state index in [2.05, 4.69) is 13.8 Å². The zero-order valence-electron chi connectivity index (χ0n) is 8.80. The first-order valence-corrected chi connectivity index (χ1v) is 4.90. The summed E-state index contributed by atoms with van der Waals surface area (Å²) in [7, 11) is 1.76. The summed E-state index contributed by atoms with van der Waals surface area (Å²) in [6.07, 6.45) is 4.04. The average Bonchev–Trinajstić information content (AvgIpc) is 2.06. The minimum atomic E-state index is 0.228. The molecule has 0 rings (SSSR count). The summed E-state index contributed by atoms with van der Waals surface area (Å²) < 4.78 is 10.8. The van der Waals surface area contributed by atoms with Crippen LogP contribution in [-0.4, -0.2) is 25.9 Å². The van der Waals surface area contributed by atoms with Crippen LogP contribution in [0.3, 0.4) is 0 Å². The van der Waals surface area contributed by atoms with Gasteiger partial charge >= 0.3 is 0 Å². The molecule has 0 aliphatic rings. The number of hydrogen-bond acceptors (Lipinski definition) is 2. The Labute approximate surface area is 76.3 Å². The van der Waals surface area contributed by atoms with E-state index in [4.69, 9.17) is 9.47 Å². The van der Waals surface area contributed by atoms with Gasteiger partial charge in [0.1, 0.15) is 0 Å². The normalized spacial score (nSPS) is 16.0. The van der Waals surface area contributed by atoms with Crippen LogP contribution in [0.5, 0.6) is 0 Å². The molecule has 0 radical (unpaired) electrons. The van der Waals surface area contributed by atoms with Gasteiger partial charge in [-0.3, -0.25) is 0 Å². The molecule has 0 N–H and O–H groups in total. The van der Waals surface area contributed by atoms with Gasteiger partial charge in [0.2, 0.25) is 0 Å². The molecule has 2 nitrogen and oxygen atoms in total. The van der Waals surface area contributed by atoms with Gasteiger partial charge in [0.05, 0.1) is 12.2 Å². The van der Waals surface area contributed by atoms with Crippen molar-refractivity contribution in [2.24, 2.45) is 0 Å². The SMILES string of the molecule is CCCCC(OC)C(C)OCC. The maximum Gasteiger partial charge on any atom is 0.0830 e. The van der Waals surface area contributed by atoms with Gasteiger partial charge in [-0.05, 0) is 20.3 Å². The van der Waals surface area contributed by atoms with Crippen LogP contribution in [0.1, 0.15) is 40.0 Å². The van der Waals surface area contributed by atoms with Gasteiger partial charge in [0.15, 0.2) is 0 Å². The Morgan fingerprint density at radius 3 is 2.33 bits per heavy atom. The van der Waals surface area contributed by atoms with Crippen molar-refractivity contribution in [2.75, 3.05) is 13.7 Å². The molecule has 2 unspecified atom stereocenters. The molecule has 0 aliphatic heterocycles. The molecular weight excluding hydrogens is 152 g/mol. The van der Waals surface area contributed by atoms with Gasteiger partial charge in [-0.25, -0.2) is 0 Å². The predicted molar refractivity (Wildman–Crippen MR) is 51.4 cm³/mol. The summed E-state index contributed by atoms with van der Waals surface area (Å²) in [4.78, 5) is 0. The summed E-state index contributed by atoms with van der Waals surface area (Å²) in [6, 6.07) is 0. The van der Waals surface area contributed by atoms with Crippen molar-refractivity contribution in [3.05, 3.63) is 0 Å². The predicted octanol–water partition coefficient (Wildman–Crippen LogP) is 2.62. The Kier molecular flexibility index (Phi) is 7.51. The molecule has 0 aliphatic carbocycles. The van der Waals surface area contributed by atoms with Gasteiger partial charge in [0.25, 0.3) is 0 Å². The highest BCUT2D eigenvalue weighted by molar-refractivity contribution is 4.65. The first kappa shape index (κ1) is 11.9. The van der Waals surface area contributed by atoms with E-state index in [1.165, 1.54) is 12.8 Å². The van der Waals surface area contributed by atoms with Crippen molar-refractivity contribution in [3.63, 3.8) is 0 Å². The Balaban J connectivity index is 3.62. The van der Waals surface area contributed by atoms with Crippen LogP contribution >= 0.6 is 0 Å². The molecule has 0 aromatic carbocycles. The Hall–Kier alpha value is -0.0800. The molecule has 0 amide bonds.